The van der Waals surface area contributed by atoms with Gasteiger partial charge in [-0.1, -0.05) is 11.8 Å². The monoisotopic (exact) mass is 304 g/mol. The second-order valence-electron chi connectivity index (χ2n) is 6.39. The molecular weight excluding hydrogens is 280 g/mol. The first-order valence-corrected chi connectivity index (χ1v) is 8.54. The van der Waals surface area contributed by atoms with Gasteiger partial charge in [0.15, 0.2) is 5.17 Å². The average molecular weight is 304 g/mol. The van der Waals surface area contributed by atoms with E-state index in [4.69, 9.17) is 4.99 Å². The van der Waals surface area contributed by atoms with Crippen LogP contribution in [-0.4, -0.2) is 64.0 Å². The molecule has 2 aliphatic rings. The van der Waals surface area contributed by atoms with E-state index in [1.165, 1.54) is 10.7 Å². The van der Waals surface area contributed by atoms with Gasteiger partial charge in [-0.25, -0.2) is 0 Å². The van der Waals surface area contributed by atoms with Crippen LogP contribution in [0.25, 0.3) is 0 Å². The molecule has 0 saturated carbocycles. The van der Waals surface area contributed by atoms with Gasteiger partial charge in [-0.05, 0) is 38.0 Å². The fourth-order valence-corrected chi connectivity index (χ4v) is 3.80. The summed E-state index contributed by atoms with van der Waals surface area (Å²) in [6, 6.07) is 4.23. The van der Waals surface area contributed by atoms with Gasteiger partial charge in [0.1, 0.15) is 0 Å². The number of aromatic nitrogens is 1. The van der Waals surface area contributed by atoms with Crippen LogP contribution in [0.15, 0.2) is 29.5 Å². The number of thioether (sulfide) groups is 1. The van der Waals surface area contributed by atoms with Crippen molar-refractivity contribution < 1.29 is 0 Å². The largest absolute Gasteiger partial charge is 0.349 e. The van der Waals surface area contributed by atoms with Gasteiger partial charge in [0, 0.05) is 49.9 Å². The lowest BCUT2D eigenvalue weighted by Gasteiger charge is -2.36. The molecule has 4 nitrogen and oxygen atoms in total. The number of aliphatic imine (C=N–C) groups is 1. The molecule has 3 rings (SSSR count). The Morgan fingerprint density at radius 3 is 2.48 bits per heavy atom. The molecule has 0 aromatic carbocycles. The van der Waals surface area contributed by atoms with Gasteiger partial charge < -0.3 is 4.90 Å². The highest BCUT2D eigenvalue weighted by molar-refractivity contribution is 8.15. The Morgan fingerprint density at radius 2 is 1.86 bits per heavy atom. The number of nitrogens with zero attached hydrogens (tertiary/aromatic N) is 4. The maximum atomic E-state index is 4.71. The van der Waals surface area contributed by atoms with Crippen molar-refractivity contribution in [2.45, 2.75) is 25.0 Å². The third kappa shape index (κ3) is 3.98. The lowest BCUT2D eigenvalue weighted by Crippen LogP contribution is -2.48. The first-order valence-electron chi connectivity index (χ1n) is 7.72. The molecule has 2 aliphatic heterocycles. The number of pyridine rings is 1. The standard InChI is InChI=1S/C16H24N4S/c1-16(2)13-18-15(21-16)20-11-9-19(10-12-20)8-5-14-3-6-17-7-4-14/h3-4,6-7H,5,8-13H2,1-2H3. The van der Waals surface area contributed by atoms with Gasteiger partial charge in [-0.15, -0.1) is 0 Å². The minimum absolute atomic E-state index is 0.286. The third-order valence-corrected chi connectivity index (χ3v) is 5.32. The van der Waals surface area contributed by atoms with Gasteiger partial charge in [0.05, 0.1) is 6.54 Å². The lowest BCUT2D eigenvalue weighted by atomic mass is 10.2. The molecule has 114 valence electrons. The highest BCUT2D eigenvalue weighted by Crippen LogP contribution is 2.33. The Labute approximate surface area is 131 Å². The molecule has 3 heterocycles. The van der Waals surface area contributed by atoms with Crippen molar-refractivity contribution in [3.63, 3.8) is 0 Å². The first-order chi connectivity index (χ1) is 10.1. The fraction of sp³-hybridized carbons (Fsp3) is 0.625. The van der Waals surface area contributed by atoms with Crippen molar-refractivity contribution in [1.82, 2.24) is 14.8 Å². The zero-order chi connectivity index (χ0) is 14.7. The van der Waals surface area contributed by atoms with Gasteiger partial charge in [-0.2, -0.15) is 0 Å². The summed E-state index contributed by atoms with van der Waals surface area (Å²) in [6.07, 6.45) is 4.88. The van der Waals surface area contributed by atoms with Crippen molar-refractivity contribution in [3.05, 3.63) is 30.1 Å². The summed E-state index contributed by atoms with van der Waals surface area (Å²) >= 11 is 1.94. The quantitative estimate of drug-likeness (QED) is 0.856. The summed E-state index contributed by atoms with van der Waals surface area (Å²) in [5.41, 5.74) is 1.38. The van der Waals surface area contributed by atoms with Crippen LogP contribution in [-0.2, 0) is 6.42 Å². The molecule has 0 amide bonds. The molecule has 0 N–H and O–H groups in total. The Morgan fingerprint density at radius 1 is 1.14 bits per heavy atom. The van der Waals surface area contributed by atoms with Crippen LogP contribution in [0.2, 0.25) is 0 Å². The Bertz CT molecular complexity index is 492. The molecule has 0 bridgehead atoms. The van der Waals surface area contributed by atoms with E-state index in [0.717, 1.165) is 45.7 Å². The van der Waals surface area contributed by atoms with Crippen LogP contribution in [0.4, 0.5) is 0 Å². The fourth-order valence-electron chi connectivity index (χ4n) is 2.73. The predicted molar refractivity (Wildman–Crippen MR) is 89.9 cm³/mol. The van der Waals surface area contributed by atoms with Crippen LogP contribution in [0.5, 0.6) is 0 Å². The minimum Gasteiger partial charge on any atom is -0.349 e. The first kappa shape index (κ1) is 14.9. The number of hydrogen-bond acceptors (Lipinski definition) is 5. The molecule has 0 spiro atoms. The molecule has 1 fully saturated rings. The molecule has 0 atom stereocenters. The van der Waals surface area contributed by atoms with Crippen LogP contribution in [0.3, 0.4) is 0 Å². The molecule has 5 heteroatoms. The molecule has 1 saturated heterocycles. The van der Waals surface area contributed by atoms with E-state index >= 15 is 0 Å². The van der Waals surface area contributed by atoms with E-state index < -0.39 is 0 Å². The highest BCUT2D eigenvalue weighted by atomic mass is 32.2. The predicted octanol–water partition coefficient (Wildman–Crippen LogP) is 2.12. The second kappa shape index (κ2) is 6.36. The van der Waals surface area contributed by atoms with Crippen LogP contribution in [0, 0.1) is 0 Å². The third-order valence-electron chi connectivity index (χ3n) is 4.07. The van der Waals surface area contributed by atoms with E-state index in [9.17, 15) is 0 Å². The van der Waals surface area contributed by atoms with Crippen LogP contribution >= 0.6 is 11.8 Å². The SMILES string of the molecule is CC1(C)CN=C(N2CCN(CCc3ccncc3)CC2)S1. The second-order valence-corrected chi connectivity index (χ2v) is 8.07. The van der Waals surface area contributed by atoms with Crippen LogP contribution < -0.4 is 0 Å². The zero-order valence-corrected chi connectivity index (χ0v) is 13.8. The van der Waals surface area contributed by atoms with Gasteiger partial charge in [0.25, 0.3) is 0 Å². The maximum absolute atomic E-state index is 4.71. The highest BCUT2D eigenvalue weighted by Gasteiger charge is 2.31. The number of hydrogen-bond donors (Lipinski definition) is 0. The number of piperazine rings is 1. The van der Waals surface area contributed by atoms with Crippen molar-refractivity contribution >= 4 is 16.9 Å². The molecule has 0 aliphatic carbocycles. The van der Waals surface area contributed by atoms with Gasteiger partial charge in [0.2, 0.25) is 0 Å². The topological polar surface area (TPSA) is 31.7 Å². The van der Waals surface area contributed by atoms with Gasteiger partial charge in [-0.3, -0.25) is 14.9 Å². The molecule has 0 radical (unpaired) electrons. The van der Waals surface area contributed by atoms with E-state index in [0.29, 0.717) is 0 Å². The van der Waals surface area contributed by atoms with Crippen LogP contribution in [0.1, 0.15) is 19.4 Å². The number of rotatable bonds is 3. The molecular formula is C16H24N4S. The van der Waals surface area contributed by atoms with E-state index in [2.05, 4.69) is 40.8 Å². The molecule has 21 heavy (non-hydrogen) atoms. The van der Waals surface area contributed by atoms with Crippen molar-refractivity contribution in [1.29, 1.82) is 0 Å². The summed E-state index contributed by atoms with van der Waals surface area (Å²) in [5, 5.41) is 1.26. The summed E-state index contributed by atoms with van der Waals surface area (Å²) in [4.78, 5) is 13.8. The summed E-state index contributed by atoms with van der Waals surface area (Å²) < 4.78 is 0.286. The van der Waals surface area contributed by atoms with E-state index in [1.807, 2.05) is 24.2 Å². The maximum Gasteiger partial charge on any atom is 0.159 e. The summed E-state index contributed by atoms with van der Waals surface area (Å²) in [5.74, 6) is 0. The van der Waals surface area contributed by atoms with Crippen molar-refractivity contribution in [3.8, 4) is 0 Å². The van der Waals surface area contributed by atoms with E-state index in [1.54, 1.807) is 0 Å². The number of amidine groups is 1. The Hall–Kier alpha value is -1.07. The molecule has 1 aromatic rings. The summed E-state index contributed by atoms with van der Waals surface area (Å²) in [6.45, 7) is 11.2. The normalized spacial score (nSPS) is 22.4. The lowest BCUT2D eigenvalue weighted by molar-refractivity contribution is 0.186. The minimum atomic E-state index is 0.286. The molecule has 0 unspecified atom stereocenters. The van der Waals surface area contributed by atoms with Crippen molar-refractivity contribution in [2.75, 3.05) is 39.3 Å². The smallest absolute Gasteiger partial charge is 0.159 e. The Balaban J connectivity index is 1.43. The van der Waals surface area contributed by atoms with Gasteiger partial charge >= 0.3 is 0 Å². The van der Waals surface area contributed by atoms with E-state index in [-0.39, 0.29) is 4.75 Å². The Kier molecular flexibility index (Phi) is 4.50. The summed E-state index contributed by atoms with van der Waals surface area (Å²) in [7, 11) is 0. The van der Waals surface area contributed by atoms with Crippen molar-refractivity contribution in [2.24, 2.45) is 4.99 Å². The average Bonchev–Trinajstić information content (AvgIpc) is 2.87. The molecule has 1 aromatic heterocycles. The zero-order valence-electron chi connectivity index (χ0n) is 13.0.